The van der Waals surface area contributed by atoms with Crippen LogP contribution in [0.1, 0.15) is 77.8 Å². The molecular formula is C28H28N6O2. The molecule has 1 N–H and O–H groups in total. The molecule has 1 amide bonds. The molecule has 4 fully saturated rings. The van der Waals surface area contributed by atoms with Crippen molar-refractivity contribution in [3.05, 3.63) is 46.2 Å². The number of fused-ring (bicyclic) bond motifs is 2. The van der Waals surface area contributed by atoms with Gasteiger partial charge in [0.1, 0.15) is 11.4 Å². The fourth-order valence-corrected chi connectivity index (χ4v) is 6.33. The predicted molar refractivity (Wildman–Crippen MR) is 133 cm³/mol. The highest BCUT2D eigenvalue weighted by Gasteiger charge is 2.57. The molecule has 4 aliphatic carbocycles. The third-order valence-corrected chi connectivity index (χ3v) is 8.19. The summed E-state index contributed by atoms with van der Waals surface area (Å²) in [6.07, 6.45) is 7.83. The summed E-state index contributed by atoms with van der Waals surface area (Å²) >= 11 is 0. The van der Waals surface area contributed by atoms with E-state index in [1.54, 1.807) is 6.08 Å². The first-order valence-electron chi connectivity index (χ1n) is 12.6. The molecule has 2 bridgehead atoms. The van der Waals surface area contributed by atoms with Gasteiger partial charge in [-0.2, -0.15) is 15.5 Å². The van der Waals surface area contributed by atoms with Gasteiger partial charge in [0, 0.05) is 18.2 Å². The summed E-state index contributed by atoms with van der Waals surface area (Å²) in [5.74, 6) is 1.84. The van der Waals surface area contributed by atoms with Crippen molar-refractivity contribution < 1.29 is 9.53 Å². The number of aryl methyl sites for hydroxylation is 2. The molecule has 1 aliphatic heterocycles. The SMILES string of the molecule is Cc1cc(/C=C/C#N)cc(C)c1Oc1nc(NC2CC3(C#N)CC2C3)nc2c1[C@H](C)N(C1CC1)C2=O. The van der Waals surface area contributed by atoms with Crippen LogP contribution >= 0.6 is 0 Å². The summed E-state index contributed by atoms with van der Waals surface area (Å²) in [6.45, 7) is 5.94. The van der Waals surface area contributed by atoms with Crippen LogP contribution in [0, 0.1) is 47.8 Å². The second-order valence-corrected chi connectivity index (χ2v) is 10.8. The van der Waals surface area contributed by atoms with Gasteiger partial charge in [0.2, 0.25) is 11.8 Å². The minimum atomic E-state index is -0.221. The van der Waals surface area contributed by atoms with Gasteiger partial charge < -0.3 is 15.0 Å². The van der Waals surface area contributed by atoms with Gasteiger partial charge in [-0.05, 0) is 93.7 Å². The average molecular weight is 481 g/mol. The summed E-state index contributed by atoms with van der Waals surface area (Å²) < 4.78 is 6.48. The summed E-state index contributed by atoms with van der Waals surface area (Å²) in [5.41, 5.74) is 3.67. The van der Waals surface area contributed by atoms with Crippen molar-refractivity contribution in [1.82, 2.24) is 14.9 Å². The summed E-state index contributed by atoms with van der Waals surface area (Å²) in [6, 6.07) is 8.65. The first-order valence-corrected chi connectivity index (χ1v) is 12.6. The zero-order valence-electron chi connectivity index (χ0n) is 20.7. The van der Waals surface area contributed by atoms with E-state index in [0.717, 1.165) is 54.4 Å². The molecule has 1 unspecified atom stereocenters. The Morgan fingerprint density at radius 2 is 1.89 bits per heavy atom. The molecule has 8 heteroatoms. The Kier molecular flexibility index (Phi) is 5.05. The fourth-order valence-electron chi connectivity index (χ4n) is 6.33. The lowest BCUT2D eigenvalue weighted by Crippen LogP contribution is -2.29. The Balaban J connectivity index is 1.38. The molecule has 5 aliphatic rings. The van der Waals surface area contributed by atoms with Crippen LogP contribution in [-0.2, 0) is 0 Å². The van der Waals surface area contributed by atoms with E-state index in [-0.39, 0.29) is 29.4 Å². The maximum Gasteiger partial charge on any atom is 0.273 e. The molecule has 36 heavy (non-hydrogen) atoms. The first-order chi connectivity index (χ1) is 17.3. The van der Waals surface area contributed by atoms with Crippen molar-refractivity contribution in [3.8, 4) is 23.8 Å². The van der Waals surface area contributed by atoms with Crippen molar-refractivity contribution >= 4 is 17.9 Å². The van der Waals surface area contributed by atoms with E-state index in [1.807, 2.05) is 43.9 Å². The van der Waals surface area contributed by atoms with Crippen LogP contribution in [0.5, 0.6) is 11.6 Å². The van der Waals surface area contributed by atoms with E-state index in [2.05, 4.69) is 16.4 Å². The Hall–Kier alpha value is -3.91. The summed E-state index contributed by atoms with van der Waals surface area (Å²) in [4.78, 5) is 24.8. The van der Waals surface area contributed by atoms with Gasteiger partial charge in [-0.1, -0.05) is 0 Å². The number of anilines is 1. The maximum absolute atomic E-state index is 13.4. The van der Waals surface area contributed by atoms with E-state index < -0.39 is 0 Å². The van der Waals surface area contributed by atoms with Crippen molar-refractivity contribution in [1.29, 1.82) is 10.5 Å². The number of nitrogens with zero attached hydrogens (tertiary/aromatic N) is 5. The number of hydrogen-bond acceptors (Lipinski definition) is 7. The number of amides is 1. The van der Waals surface area contributed by atoms with E-state index >= 15 is 0 Å². The molecule has 2 heterocycles. The molecular weight excluding hydrogens is 452 g/mol. The molecule has 2 aromatic rings. The number of nitriles is 2. The molecule has 1 aromatic carbocycles. The monoisotopic (exact) mass is 480 g/mol. The minimum Gasteiger partial charge on any atom is -0.438 e. The van der Waals surface area contributed by atoms with Gasteiger partial charge >= 0.3 is 0 Å². The highest BCUT2D eigenvalue weighted by molar-refractivity contribution is 5.98. The Morgan fingerprint density at radius 1 is 1.17 bits per heavy atom. The van der Waals surface area contributed by atoms with Crippen LogP contribution in [0.4, 0.5) is 5.95 Å². The summed E-state index contributed by atoms with van der Waals surface area (Å²) in [7, 11) is 0. The van der Waals surface area contributed by atoms with Crippen molar-refractivity contribution in [2.24, 2.45) is 11.3 Å². The Morgan fingerprint density at radius 3 is 2.50 bits per heavy atom. The van der Waals surface area contributed by atoms with Crippen LogP contribution in [0.15, 0.2) is 18.2 Å². The van der Waals surface area contributed by atoms with Crippen LogP contribution in [0.25, 0.3) is 6.08 Å². The lowest BCUT2D eigenvalue weighted by Gasteiger charge is -2.31. The molecule has 0 spiro atoms. The lowest BCUT2D eigenvalue weighted by molar-refractivity contribution is 0.0718. The van der Waals surface area contributed by atoms with Gasteiger partial charge in [0.15, 0.2) is 0 Å². The average Bonchev–Trinajstić information content (AvgIpc) is 3.44. The van der Waals surface area contributed by atoms with Gasteiger partial charge in [-0.25, -0.2) is 4.98 Å². The zero-order valence-corrected chi connectivity index (χ0v) is 20.7. The number of hydrogen-bond donors (Lipinski definition) is 1. The fraction of sp³-hybridized carbons (Fsp3) is 0.464. The van der Waals surface area contributed by atoms with Gasteiger partial charge in [-0.3, -0.25) is 4.79 Å². The van der Waals surface area contributed by atoms with E-state index in [0.29, 0.717) is 29.2 Å². The second-order valence-electron chi connectivity index (χ2n) is 10.8. The molecule has 8 nitrogen and oxygen atoms in total. The molecule has 1 aromatic heterocycles. The number of ether oxygens (including phenoxy) is 1. The number of aromatic nitrogens is 2. The number of allylic oxidation sites excluding steroid dienone is 1. The quantitative estimate of drug-likeness (QED) is 0.565. The van der Waals surface area contributed by atoms with Crippen LogP contribution in [-0.4, -0.2) is 32.9 Å². The summed E-state index contributed by atoms with van der Waals surface area (Å²) in [5, 5.41) is 21.9. The van der Waals surface area contributed by atoms with Crippen LogP contribution < -0.4 is 10.1 Å². The van der Waals surface area contributed by atoms with Gasteiger partial charge in [0.05, 0.1) is 29.2 Å². The largest absolute Gasteiger partial charge is 0.438 e. The van der Waals surface area contributed by atoms with E-state index in [9.17, 15) is 10.1 Å². The third kappa shape index (κ3) is 3.52. The first kappa shape index (κ1) is 22.5. The van der Waals surface area contributed by atoms with Crippen molar-refractivity contribution in [3.63, 3.8) is 0 Å². The zero-order chi connectivity index (χ0) is 25.2. The topological polar surface area (TPSA) is 115 Å². The highest BCUT2D eigenvalue weighted by atomic mass is 16.5. The molecule has 0 saturated heterocycles. The number of carbonyl (C=O) groups excluding carboxylic acids is 1. The van der Waals surface area contributed by atoms with Crippen LogP contribution in [0.3, 0.4) is 0 Å². The standard InChI is InChI=1S/C28H28N6O2/c1-15-9-18(5-4-8-29)10-16(2)24(15)36-25-22-17(3)34(20-6-7-20)26(35)23(22)32-27(33-25)31-21-13-28(14-30)11-19(21)12-28/h4-5,9-10,17,19-21H,6-7,11-13H2,1-3H3,(H,31,32,33)/b5-4+/t17-,19?,21?,28?/m0/s1. The van der Waals surface area contributed by atoms with Crippen molar-refractivity contribution in [2.75, 3.05) is 5.32 Å². The molecule has 7 rings (SSSR count). The normalized spacial score (nSPS) is 28.0. The predicted octanol–water partition coefficient (Wildman–Crippen LogP) is 5.21. The smallest absolute Gasteiger partial charge is 0.273 e. The maximum atomic E-state index is 13.4. The number of rotatable bonds is 6. The van der Waals surface area contributed by atoms with Crippen LogP contribution in [0.2, 0.25) is 0 Å². The Bertz CT molecular complexity index is 1370. The van der Waals surface area contributed by atoms with Gasteiger partial charge in [-0.15, -0.1) is 0 Å². The Labute approximate surface area is 210 Å². The second kappa shape index (κ2) is 8.06. The molecule has 2 atom stereocenters. The van der Waals surface area contributed by atoms with E-state index in [4.69, 9.17) is 15.0 Å². The highest BCUT2D eigenvalue weighted by Crippen LogP contribution is 2.59. The lowest BCUT2D eigenvalue weighted by atomic mass is 9.71. The van der Waals surface area contributed by atoms with E-state index in [1.165, 1.54) is 6.08 Å². The minimum absolute atomic E-state index is 0.0649. The third-order valence-electron chi connectivity index (χ3n) is 8.19. The molecule has 4 saturated carbocycles. The molecule has 182 valence electrons. The van der Waals surface area contributed by atoms with Gasteiger partial charge in [0.25, 0.3) is 5.91 Å². The number of carbonyl (C=O) groups is 1. The number of nitrogens with one attached hydrogen (secondary N) is 1. The molecule has 0 radical (unpaired) electrons. The van der Waals surface area contributed by atoms with Crippen molar-refractivity contribution in [2.45, 2.75) is 71.0 Å². The number of benzene rings is 1.